The van der Waals surface area contributed by atoms with Gasteiger partial charge in [-0.25, -0.2) is 0 Å². The summed E-state index contributed by atoms with van der Waals surface area (Å²) in [4.78, 5) is 14.7. The molecule has 1 N–H and O–H groups in total. The number of anilines is 1. The first-order valence-corrected chi connectivity index (χ1v) is 10.3. The van der Waals surface area contributed by atoms with E-state index in [0.717, 1.165) is 56.9 Å². The summed E-state index contributed by atoms with van der Waals surface area (Å²) in [6, 6.07) is 13.6. The van der Waals surface area contributed by atoms with E-state index < -0.39 is 0 Å². The number of benzene rings is 2. The Labute approximate surface area is 178 Å². The zero-order valence-corrected chi connectivity index (χ0v) is 17.6. The smallest absolute Gasteiger partial charge is 0.262 e. The third kappa shape index (κ3) is 6.61. The van der Waals surface area contributed by atoms with Crippen molar-refractivity contribution < 1.29 is 19.0 Å². The summed E-state index contributed by atoms with van der Waals surface area (Å²) in [5.74, 6) is 0.930. The fraction of sp³-hybridized carbons (Fsp3) is 0.375. The maximum absolute atomic E-state index is 12.3. The number of amides is 1. The molecule has 0 unspecified atom stereocenters. The number of hydrogen-bond donors (Lipinski definition) is 1. The topological polar surface area (TPSA) is 60.0 Å². The van der Waals surface area contributed by atoms with Crippen molar-refractivity contribution >= 4 is 11.6 Å². The number of rotatable bonds is 10. The second kappa shape index (κ2) is 11.4. The van der Waals surface area contributed by atoms with Gasteiger partial charge in [0.2, 0.25) is 0 Å². The van der Waals surface area contributed by atoms with E-state index >= 15 is 0 Å². The van der Waals surface area contributed by atoms with Crippen LogP contribution in [0.2, 0.25) is 0 Å². The molecular formula is C24H30N2O4. The molecule has 3 rings (SSSR count). The highest BCUT2D eigenvalue weighted by Gasteiger charge is 2.11. The van der Waals surface area contributed by atoms with Crippen molar-refractivity contribution in [2.45, 2.75) is 12.8 Å². The van der Waals surface area contributed by atoms with E-state index in [9.17, 15) is 4.79 Å². The van der Waals surface area contributed by atoms with E-state index in [0.29, 0.717) is 11.5 Å². The molecule has 1 amide bonds. The number of nitrogens with one attached hydrogen (secondary N) is 1. The van der Waals surface area contributed by atoms with E-state index in [4.69, 9.17) is 14.2 Å². The minimum atomic E-state index is -0.215. The number of carbonyl (C=O) groups excluding carboxylic acids is 1. The molecule has 0 atom stereocenters. The standard InChI is InChI=1S/C24H30N2O4/c1-3-4-20-7-10-22(23(17-20)28-2)30-18-24(27)25-21-8-5-19(6-9-21)11-12-26-13-15-29-16-14-26/h3,5-10,17H,1,4,11-16,18H2,2H3,(H,25,27). The van der Waals surface area contributed by atoms with Crippen molar-refractivity contribution in [1.29, 1.82) is 0 Å². The molecule has 30 heavy (non-hydrogen) atoms. The maximum atomic E-state index is 12.3. The van der Waals surface area contributed by atoms with Crippen LogP contribution in [0.15, 0.2) is 55.1 Å². The first-order chi connectivity index (χ1) is 14.7. The fourth-order valence-electron chi connectivity index (χ4n) is 3.33. The van der Waals surface area contributed by atoms with Gasteiger partial charge in [-0.05, 0) is 48.2 Å². The Morgan fingerprint density at radius 2 is 1.87 bits per heavy atom. The molecule has 0 saturated carbocycles. The predicted molar refractivity (Wildman–Crippen MR) is 118 cm³/mol. The number of carbonyl (C=O) groups is 1. The first kappa shape index (κ1) is 21.9. The highest BCUT2D eigenvalue weighted by molar-refractivity contribution is 5.91. The van der Waals surface area contributed by atoms with Gasteiger partial charge >= 0.3 is 0 Å². The largest absolute Gasteiger partial charge is 0.493 e. The lowest BCUT2D eigenvalue weighted by atomic mass is 10.1. The molecule has 0 aromatic heterocycles. The van der Waals surface area contributed by atoms with E-state index in [2.05, 4.69) is 28.9 Å². The lowest BCUT2D eigenvalue weighted by molar-refractivity contribution is -0.118. The van der Waals surface area contributed by atoms with Crippen molar-refractivity contribution in [3.05, 3.63) is 66.2 Å². The van der Waals surface area contributed by atoms with Crippen molar-refractivity contribution in [3.8, 4) is 11.5 Å². The molecule has 0 aliphatic carbocycles. The summed E-state index contributed by atoms with van der Waals surface area (Å²) in [5.41, 5.74) is 3.08. The second-order valence-electron chi connectivity index (χ2n) is 7.22. The summed E-state index contributed by atoms with van der Waals surface area (Å²) in [7, 11) is 1.58. The van der Waals surface area contributed by atoms with E-state index in [1.54, 1.807) is 7.11 Å². The third-order valence-electron chi connectivity index (χ3n) is 5.02. The van der Waals surface area contributed by atoms with Crippen molar-refractivity contribution in [3.63, 3.8) is 0 Å². The zero-order chi connectivity index (χ0) is 21.2. The lowest BCUT2D eigenvalue weighted by Gasteiger charge is -2.26. The van der Waals surface area contributed by atoms with Crippen LogP contribution in [0.4, 0.5) is 5.69 Å². The summed E-state index contributed by atoms with van der Waals surface area (Å²) in [6.07, 6.45) is 3.56. The Balaban J connectivity index is 1.46. The van der Waals surface area contributed by atoms with Crippen LogP contribution in [-0.2, 0) is 22.4 Å². The van der Waals surface area contributed by atoms with Gasteiger partial charge in [0.15, 0.2) is 18.1 Å². The Bertz CT molecular complexity index is 830. The SMILES string of the molecule is C=CCc1ccc(OCC(=O)Nc2ccc(CCN3CCOCC3)cc2)c(OC)c1. The van der Waals surface area contributed by atoms with Gasteiger partial charge in [0, 0.05) is 25.3 Å². The summed E-state index contributed by atoms with van der Waals surface area (Å²) < 4.78 is 16.4. The molecule has 6 nitrogen and oxygen atoms in total. The van der Waals surface area contributed by atoms with Gasteiger partial charge in [-0.2, -0.15) is 0 Å². The molecule has 1 heterocycles. The van der Waals surface area contributed by atoms with Crippen LogP contribution in [0.1, 0.15) is 11.1 Å². The highest BCUT2D eigenvalue weighted by Crippen LogP contribution is 2.28. The molecular weight excluding hydrogens is 380 g/mol. The van der Waals surface area contributed by atoms with Gasteiger partial charge in [-0.3, -0.25) is 9.69 Å². The van der Waals surface area contributed by atoms with Crippen LogP contribution in [0.3, 0.4) is 0 Å². The number of hydrogen-bond acceptors (Lipinski definition) is 5. The van der Waals surface area contributed by atoms with Crippen molar-refractivity contribution in [1.82, 2.24) is 4.90 Å². The molecule has 0 spiro atoms. The Kier molecular flexibility index (Phi) is 8.30. The van der Waals surface area contributed by atoms with E-state index in [1.807, 2.05) is 36.4 Å². The molecule has 1 fully saturated rings. The average molecular weight is 411 g/mol. The third-order valence-corrected chi connectivity index (χ3v) is 5.02. The van der Waals surface area contributed by atoms with E-state index in [1.165, 1.54) is 5.56 Å². The molecule has 2 aromatic carbocycles. The summed E-state index contributed by atoms with van der Waals surface area (Å²) in [5, 5.41) is 2.87. The van der Waals surface area contributed by atoms with Crippen molar-refractivity contribution in [2.75, 3.05) is 51.9 Å². The number of morpholine rings is 1. The van der Waals surface area contributed by atoms with Gasteiger partial charge in [0.05, 0.1) is 20.3 Å². The van der Waals surface area contributed by atoms with E-state index in [-0.39, 0.29) is 12.5 Å². The minimum Gasteiger partial charge on any atom is -0.493 e. The number of methoxy groups -OCH3 is 1. The quantitative estimate of drug-likeness (QED) is 0.609. The molecule has 2 aromatic rings. The molecule has 6 heteroatoms. The van der Waals surface area contributed by atoms with Crippen LogP contribution in [0.5, 0.6) is 11.5 Å². The van der Waals surface area contributed by atoms with Gasteiger partial charge in [-0.15, -0.1) is 6.58 Å². The monoisotopic (exact) mass is 410 g/mol. The molecule has 0 radical (unpaired) electrons. The van der Waals surface area contributed by atoms with Gasteiger partial charge in [-0.1, -0.05) is 24.3 Å². The van der Waals surface area contributed by atoms with Gasteiger partial charge in [0.1, 0.15) is 0 Å². The molecule has 1 saturated heterocycles. The lowest BCUT2D eigenvalue weighted by Crippen LogP contribution is -2.37. The number of nitrogens with zero attached hydrogens (tertiary/aromatic N) is 1. The van der Waals surface area contributed by atoms with Gasteiger partial charge < -0.3 is 19.5 Å². The van der Waals surface area contributed by atoms with Crippen molar-refractivity contribution in [2.24, 2.45) is 0 Å². The zero-order valence-electron chi connectivity index (χ0n) is 17.6. The van der Waals surface area contributed by atoms with Gasteiger partial charge in [0.25, 0.3) is 5.91 Å². The Morgan fingerprint density at radius 3 is 2.57 bits per heavy atom. The number of allylic oxidation sites excluding steroid dienone is 1. The van der Waals surface area contributed by atoms with Crippen LogP contribution in [0, 0.1) is 0 Å². The van der Waals surface area contributed by atoms with Crippen LogP contribution in [-0.4, -0.2) is 57.4 Å². The molecule has 1 aliphatic heterocycles. The number of ether oxygens (including phenoxy) is 3. The molecule has 1 aliphatic rings. The normalized spacial score (nSPS) is 14.2. The van der Waals surface area contributed by atoms with Crippen LogP contribution >= 0.6 is 0 Å². The first-order valence-electron chi connectivity index (χ1n) is 10.3. The molecule has 160 valence electrons. The highest BCUT2D eigenvalue weighted by atomic mass is 16.5. The molecule has 0 bridgehead atoms. The summed E-state index contributed by atoms with van der Waals surface area (Å²) >= 11 is 0. The average Bonchev–Trinajstić information content (AvgIpc) is 2.78. The Hall–Kier alpha value is -2.83. The maximum Gasteiger partial charge on any atom is 0.262 e. The summed E-state index contributed by atoms with van der Waals surface area (Å²) in [6.45, 7) is 8.30. The Morgan fingerprint density at radius 1 is 1.13 bits per heavy atom. The van der Waals surface area contributed by atoms with Crippen LogP contribution < -0.4 is 14.8 Å². The predicted octanol–water partition coefficient (Wildman–Crippen LogP) is 3.32. The second-order valence-corrected chi connectivity index (χ2v) is 7.22. The fourth-order valence-corrected chi connectivity index (χ4v) is 3.33. The van der Waals surface area contributed by atoms with Crippen LogP contribution in [0.25, 0.3) is 0 Å². The minimum absolute atomic E-state index is 0.0874.